The van der Waals surface area contributed by atoms with Gasteiger partial charge in [-0.05, 0) is 6.92 Å². The fraction of sp³-hybridized carbons (Fsp3) is 0.478. The van der Waals surface area contributed by atoms with Crippen molar-refractivity contribution in [2.45, 2.75) is 26.0 Å². The maximum absolute atomic E-state index is 15.0. The molecule has 0 aliphatic carbocycles. The molecule has 0 bridgehead atoms. The molecule has 1 aliphatic heterocycles. The van der Waals surface area contributed by atoms with Gasteiger partial charge < -0.3 is 24.8 Å². The van der Waals surface area contributed by atoms with E-state index in [0.29, 0.717) is 6.54 Å². The standard InChI is InChI=1S/C23H29F4N7O5/c1-3-33(5-4-30-32(2)19(35)11-28-8-14-9-31-38-13-14)20-17(24)6-15(7-18(20)25)34-12-16(39-23(34)37)10-29-22(36)21(26)27/h6-7,9,13,16,21,28,30H,3-5,8,10-12H2,1-2H3,(H,29,36)/t16-/m0/s1. The van der Waals surface area contributed by atoms with Crippen molar-refractivity contribution in [3.8, 4) is 0 Å². The third-order valence-corrected chi connectivity index (χ3v) is 5.78. The van der Waals surface area contributed by atoms with E-state index in [1.807, 2.05) is 5.32 Å². The number of cyclic esters (lactones) is 1. The number of hydrogen-bond donors (Lipinski definition) is 3. The summed E-state index contributed by atoms with van der Waals surface area (Å²) in [5.41, 5.74) is 3.21. The molecule has 39 heavy (non-hydrogen) atoms. The molecule has 16 heteroatoms. The zero-order valence-corrected chi connectivity index (χ0v) is 21.3. The van der Waals surface area contributed by atoms with Crippen LogP contribution >= 0.6 is 0 Å². The van der Waals surface area contributed by atoms with E-state index in [9.17, 15) is 23.2 Å². The number of benzene rings is 1. The summed E-state index contributed by atoms with van der Waals surface area (Å²) in [5, 5.41) is 9.71. The molecule has 1 aromatic heterocycles. The van der Waals surface area contributed by atoms with E-state index in [1.165, 1.54) is 29.4 Å². The molecule has 1 saturated heterocycles. The lowest BCUT2D eigenvalue weighted by Gasteiger charge is -2.27. The minimum atomic E-state index is -3.22. The summed E-state index contributed by atoms with van der Waals surface area (Å²) >= 11 is 0. The number of hydrogen-bond acceptors (Lipinski definition) is 9. The number of likely N-dealkylation sites (N-methyl/N-ethyl adjacent to an activating group) is 2. The molecule has 0 saturated carbocycles. The smallest absolute Gasteiger partial charge is 0.414 e. The molecule has 1 atom stereocenters. The molecule has 3 N–H and O–H groups in total. The first-order valence-electron chi connectivity index (χ1n) is 12.0. The van der Waals surface area contributed by atoms with Gasteiger partial charge in [0.2, 0.25) is 5.91 Å². The van der Waals surface area contributed by atoms with E-state index < -0.39 is 36.2 Å². The molecule has 2 aromatic rings. The highest BCUT2D eigenvalue weighted by Crippen LogP contribution is 2.31. The van der Waals surface area contributed by atoms with Crippen LogP contribution in [0.2, 0.25) is 0 Å². The highest BCUT2D eigenvalue weighted by Gasteiger charge is 2.34. The lowest BCUT2D eigenvalue weighted by Crippen LogP contribution is -2.46. The van der Waals surface area contributed by atoms with Gasteiger partial charge in [-0.3, -0.25) is 19.5 Å². The number of nitrogens with zero attached hydrogens (tertiary/aromatic N) is 4. The van der Waals surface area contributed by atoms with Gasteiger partial charge in [-0.1, -0.05) is 5.16 Å². The molecule has 1 aliphatic rings. The van der Waals surface area contributed by atoms with Gasteiger partial charge in [0.15, 0.2) is 11.6 Å². The predicted molar refractivity (Wildman–Crippen MR) is 130 cm³/mol. The Morgan fingerprint density at radius 1 is 1.26 bits per heavy atom. The van der Waals surface area contributed by atoms with Crippen molar-refractivity contribution in [3.63, 3.8) is 0 Å². The summed E-state index contributed by atoms with van der Waals surface area (Å²) in [6.07, 6.45) is -2.14. The van der Waals surface area contributed by atoms with E-state index in [0.717, 1.165) is 22.6 Å². The van der Waals surface area contributed by atoms with Crippen LogP contribution in [0, 0.1) is 11.6 Å². The minimum absolute atomic E-state index is 0.0370. The lowest BCUT2D eigenvalue weighted by atomic mass is 10.2. The van der Waals surface area contributed by atoms with E-state index in [2.05, 4.69) is 15.9 Å². The largest absolute Gasteiger partial charge is 0.442 e. The van der Waals surface area contributed by atoms with Crippen LogP contribution in [0.1, 0.15) is 12.5 Å². The second-order valence-electron chi connectivity index (χ2n) is 8.50. The van der Waals surface area contributed by atoms with Crippen molar-refractivity contribution in [3.05, 3.63) is 41.8 Å². The molecule has 214 valence electrons. The Hall–Kier alpha value is -3.92. The molecule has 1 aromatic carbocycles. The van der Waals surface area contributed by atoms with Gasteiger partial charge in [0.05, 0.1) is 31.5 Å². The summed E-state index contributed by atoms with van der Waals surface area (Å²) in [7, 11) is 1.52. The van der Waals surface area contributed by atoms with Crippen LogP contribution in [-0.2, 0) is 20.9 Å². The first kappa shape index (κ1) is 29.6. The van der Waals surface area contributed by atoms with Gasteiger partial charge >= 0.3 is 12.5 Å². The molecule has 2 heterocycles. The van der Waals surface area contributed by atoms with Crippen LogP contribution in [-0.4, -0.2) is 86.9 Å². The Balaban J connectivity index is 1.53. The molecule has 0 unspecified atom stereocenters. The quantitative estimate of drug-likeness (QED) is 0.231. The summed E-state index contributed by atoms with van der Waals surface area (Å²) in [6, 6.07) is 1.93. The number of amides is 3. The number of rotatable bonds is 14. The zero-order chi connectivity index (χ0) is 28.5. The summed E-state index contributed by atoms with van der Waals surface area (Å²) < 4.78 is 64.4. The minimum Gasteiger partial charge on any atom is -0.442 e. The van der Waals surface area contributed by atoms with E-state index in [-0.39, 0.29) is 56.6 Å². The van der Waals surface area contributed by atoms with Crippen LogP contribution in [0.4, 0.5) is 33.7 Å². The molecule has 0 radical (unpaired) electrons. The first-order valence-corrected chi connectivity index (χ1v) is 12.0. The van der Waals surface area contributed by atoms with Crippen molar-refractivity contribution in [2.75, 3.05) is 56.1 Å². The third-order valence-electron chi connectivity index (χ3n) is 5.78. The average Bonchev–Trinajstić information content (AvgIpc) is 3.54. The number of nitrogens with one attached hydrogen (secondary N) is 3. The van der Waals surface area contributed by atoms with Crippen molar-refractivity contribution >= 4 is 29.3 Å². The molecule has 1 fully saturated rings. The van der Waals surface area contributed by atoms with Gasteiger partial charge in [0.1, 0.15) is 18.1 Å². The monoisotopic (exact) mass is 559 g/mol. The fourth-order valence-corrected chi connectivity index (χ4v) is 3.76. The molecular weight excluding hydrogens is 530 g/mol. The van der Waals surface area contributed by atoms with Crippen LogP contribution in [0.5, 0.6) is 0 Å². The Morgan fingerprint density at radius 3 is 2.59 bits per heavy atom. The van der Waals surface area contributed by atoms with E-state index in [1.54, 1.807) is 6.92 Å². The van der Waals surface area contributed by atoms with E-state index in [4.69, 9.17) is 9.26 Å². The van der Waals surface area contributed by atoms with Gasteiger partial charge in [-0.2, -0.15) is 8.78 Å². The Bertz CT molecular complexity index is 1120. The van der Waals surface area contributed by atoms with Gasteiger partial charge in [-0.15, -0.1) is 0 Å². The van der Waals surface area contributed by atoms with E-state index >= 15 is 8.78 Å². The maximum atomic E-state index is 15.0. The van der Waals surface area contributed by atoms with Crippen LogP contribution in [0.25, 0.3) is 0 Å². The normalized spacial score (nSPS) is 15.0. The van der Waals surface area contributed by atoms with Crippen LogP contribution < -0.4 is 25.9 Å². The van der Waals surface area contributed by atoms with Gasteiger partial charge in [-0.25, -0.2) is 19.0 Å². The third kappa shape index (κ3) is 8.03. The molecule has 3 amide bonds. The number of anilines is 2. The lowest BCUT2D eigenvalue weighted by molar-refractivity contribution is -0.132. The number of carbonyl (C=O) groups is 3. The van der Waals surface area contributed by atoms with Crippen LogP contribution in [0.3, 0.4) is 0 Å². The predicted octanol–water partition coefficient (Wildman–Crippen LogP) is 1.24. The molecule has 3 rings (SSSR count). The summed E-state index contributed by atoms with van der Waals surface area (Å²) in [5.74, 6) is -3.65. The van der Waals surface area contributed by atoms with Crippen molar-refractivity contribution in [1.82, 2.24) is 26.2 Å². The summed E-state index contributed by atoms with van der Waals surface area (Å²) in [6.45, 7) is 2.13. The SMILES string of the molecule is CCN(CCNN(C)C(=O)CNCc1cnoc1)c1c(F)cc(N2C[C@H](CNC(=O)C(F)F)OC2=O)cc1F. The molecular formula is C23H29F4N7O5. The van der Waals surface area contributed by atoms with Crippen molar-refractivity contribution < 1.29 is 41.2 Å². The number of halogens is 4. The number of ether oxygens (including phenoxy) is 1. The Kier molecular flexibility index (Phi) is 10.4. The fourth-order valence-electron chi connectivity index (χ4n) is 3.76. The van der Waals surface area contributed by atoms with Crippen molar-refractivity contribution in [2.24, 2.45) is 0 Å². The second-order valence-corrected chi connectivity index (χ2v) is 8.50. The number of alkyl halides is 2. The molecule has 0 spiro atoms. The summed E-state index contributed by atoms with van der Waals surface area (Å²) in [4.78, 5) is 37.8. The van der Waals surface area contributed by atoms with Gasteiger partial charge in [0.25, 0.3) is 5.91 Å². The Labute approximate surface area is 221 Å². The number of hydrazine groups is 1. The molecule has 12 nitrogen and oxygen atoms in total. The maximum Gasteiger partial charge on any atom is 0.414 e. The van der Waals surface area contributed by atoms with Crippen molar-refractivity contribution in [1.29, 1.82) is 0 Å². The second kappa shape index (κ2) is 13.7. The average molecular weight is 560 g/mol. The topological polar surface area (TPSA) is 132 Å². The number of aromatic nitrogens is 1. The Morgan fingerprint density at radius 2 is 1.97 bits per heavy atom. The number of carbonyl (C=O) groups excluding carboxylic acids is 3. The highest BCUT2D eigenvalue weighted by molar-refractivity contribution is 5.90. The highest BCUT2D eigenvalue weighted by atomic mass is 19.3. The van der Waals surface area contributed by atoms with Crippen LogP contribution in [0.15, 0.2) is 29.1 Å². The van der Waals surface area contributed by atoms with Gasteiger partial charge in [0, 0.05) is 50.9 Å². The first-order chi connectivity index (χ1) is 18.6. The zero-order valence-electron chi connectivity index (χ0n) is 21.3.